The van der Waals surface area contributed by atoms with Gasteiger partial charge in [0.15, 0.2) is 8.87 Å². The van der Waals surface area contributed by atoms with Crippen LogP contribution in [0.4, 0.5) is 0 Å². The molecule has 0 saturated carbocycles. The number of carboxylic acid groups (broad SMARTS) is 1. The smallest absolute Gasteiger partial charge is 0.303 e. The standard InChI is InChI=1S/C13H26O4S2/c1-19(16,17)18-12-10-8-6-4-2-3-5-7-9-11-13(14)15/h2-12H2,1H3,(H,14,15). The number of hydrogen-bond donors (Lipinski definition) is 1. The average molecular weight is 310 g/mol. The monoisotopic (exact) mass is 310 g/mol. The molecule has 1 N–H and O–H groups in total. The summed E-state index contributed by atoms with van der Waals surface area (Å²) >= 11 is 0. The summed E-state index contributed by atoms with van der Waals surface area (Å²) in [6, 6.07) is 0. The maximum Gasteiger partial charge on any atom is 0.303 e. The molecule has 0 atom stereocenters. The second kappa shape index (κ2) is 11.6. The van der Waals surface area contributed by atoms with E-state index in [1.807, 2.05) is 0 Å². The van der Waals surface area contributed by atoms with Crippen molar-refractivity contribution in [2.75, 3.05) is 12.0 Å². The van der Waals surface area contributed by atoms with Crippen molar-refractivity contribution in [3.05, 3.63) is 0 Å². The molecule has 0 unspecified atom stereocenters. The Balaban J connectivity index is 3.09. The first kappa shape index (κ1) is 18.8. The molecule has 0 heterocycles. The van der Waals surface area contributed by atoms with Crippen molar-refractivity contribution in [1.29, 1.82) is 0 Å². The minimum Gasteiger partial charge on any atom is -0.481 e. The zero-order valence-electron chi connectivity index (χ0n) is 11.8. The van der Waals surface area contributed by atoms with Crippen molar-refractivity contribution in [2.24, 2.45) is 0 Å². The fourth-order valence-corrected chi connectivity index (χ4v) is 3.71. The summed E-state index contributed by atoms with van der Waals surface area (Å²) in [5.41, 5.74) is 0. The maximum absolute atomic E-state index is 10.9. The quantitative estimate of drug-likeness (QED) is 0.415. The van der Waals surface area contributed by atoms with Gasteiger partial charge in [-0.25, -0.2) is 8.42 Å². The normalized spacial score (nSPS) is 11.6. The molecule has 0 radical (unpaired) electrons. The van der Waals surface area contributed by atoms with Gasteiger partial charge >= 0.3 is 5.97 Å². The van der Waals surface area contributed by atoms with Crippen molar-refractivity contribution in [3.63, 3.8) is 0 Å². The molecule has 0 aliphatic heterocycles. The number of carbonyl (C=O) groups is 1. The molecule has 0 amide bonds. The minimum absolute atomic E-state index is 0.290. The molecule has 19 heavy (non-hydrogen) atoms. The fraction of sp³-hybridized carbons (Fsp3) is 0.923. The summed E-state index contributed by atoms with van der Waals surface area (Å²) < 4.78 is 21.7. The van der Waals surface area contributed by atoms with Crippen molar-refractivity contribution in [1.82, 2.24) is 0 Å². The topological polar surface area (TPSA) is 71.4 Å². The van der Waals surface area contributed by atoms with Gasteiger partial charge in [0.2, 0.25) is 0 Å². The summed E-state index contributed by atoms with van der Waals surface area (Å²) in [5.74, 6) is 0.000517. The van der Waals surface area contributed by atoms with Crippen LogP contribution in [0.3, 0.4) is 0 Å². The van der Waals surface area contributed by atoms with Crippen LogP contribution in [0, 0.1) is 0 Å². The van der Waals surface area contributed by atoms with Gasteiger partial charge in [-0.15, -0.1) is 0 Å². The summed E-state index contributed by atoms with van der Waals surface area (Å²) in [4.78, 5) is 10.3. The molecule has 0 aromatic heterocycles. The highest BCUT2D eigenvalue weighted by molar-refractivity contribution is 8.71. The largest absolute Gasteiger partial charge is 0.481 e. The van der Waals surface area contributed by atoms with Crippen LogP contribution in [0.5, 0.6) is 0 Å². The Morgan fingerprint density at radius 1 is 0.895 bits per heavy atom. The maximum atomic E-state index is 10.9. The molecule has 0 saturated heterocycles. The van der Waals surface area contributed by atoms with Crippen LogP contribution in [0.15, 0.2) is 0 Å². The zero-order valence-corrected chi connectivity index (χ0v) is 13.4. The van der Waals surface area contributed by atoms with Crippen molar-refractivity contribution >= 4 is 25.6 Å². The van der Waals surface area contributed by atoms with E-state index in [1.54, 1.807) is 0 Å². The predicted octanol–water partition coefficient (Wildman–Crippen LogP) is 3.66. The van der Waals surface area contributed by atoms with Crippen LogP contribution in [0.25, 0.3) is 0 Å². The Morgan fingerprint density at radius 3 is 1.74 bits per heavy atom. The molecule has 0 aliphatic rings. The van der Waals surface area contributed by atoms with Gasteiger partial charge in [-0.2, -0.15) is 0 Å². The predicted molar refractivity (Wildman–Crippen MR) is 81.1 cm³/mol. The SMILES string of the molecule is CS(=O)(=O)SCCCCCCCCCCCC(=O)O. The molecular formula is C13H26O4S2. The number of aliphatic carboxylic acids is 1. The van der Waals surface area contributed by atoms with Gasteiger partial charge in [0.1, 0.15) is 0 Å². The molecule has 4 nitrogen and oxygen atoms in total. The molecule has 0 rings (SSSR count). The molecule has 114 valence electrons. The van der Waals surface area contributed by atoms with E-state index in [0.717, 1.165) is 42.9 Å². The van der Waals surface area contributed by atoms with E-state index < -0.39 is 14.8 Å². The van der Waals surface area contributed by atoms with E-state index in [0.29, 0.717) is 5.75 Å². The lowest BCUT2D eigenvalue weighted by Crippen LogP contribution is -1.93. The minimum atomic E-state index is -2.87. The Labute approximate surface area is 120 Å². The number of hydrogen-bond acceptors (Lipinski definition) is 4. The van der Waals surface area contributed by atoms with Crippen molar-refractivity contribution in [3.8, 4) is 0 Å². The Kier molecular flexibility index (Phi) is 11.4. The van der Waals surface area contributed by atoms with Crippen LogP contribution in [-0.4, -0.2) is 31.5 Å². The molecule has 0 aromatic rings. The van der Waals surface area contributed by atoms with Crippen LogP contribution in [-0.2, 0) is 13.7 Å². The number of rotatable bonds is 13. The summed E-state index contributed by atoms with van der Waals surface area (Å²) in [6.07, 6.45) is 11.3. The third-order valence-corrected chi connectivity index (χ3v) is 5.50. The van der Waals surface area contributed by atoms with E-state index in [9.17, 15) is 13.2 Å². The molecule has 6 heteroatoms. The van der Waals surface area contributed by atoms with Crippen molar-refractivity contribution < 1.29 is 18.3 Å². The van der Waals surface area contributed by atoms with Crippen LogP contribution >= 0.6 is 10.8 Å². The zero-order chi connectivity index (χ0) is 14.6. The molecular weight excluding hydrogens is 284 g/mol. The van der Waals surface area contributed by atoms with Gasteiger partial charge in [0.25, 0.3) is 0 Å². The first-order valence-electron chi connectivity index (χ1n) is 6.98. The first-order chi connectivity index (χ1) is 8.92. The second-order valence-corrected chi connectivity index (χ2v) is 9.43. The molecule has 0 fully saturated rings. The van der Waals surface area contributed by atoms with Crippen LogP contribution in [0.1, 0.15) is 64.2 Å². The van der Waals surface area contributed by atoms with Crippen molar-refractivity contribution in [2.45, 2.75) is 64.2 Å². The van der Waals surface area contributed by atoms with Crippen LogP contribution < -0.4 is 0 Å². The highest BCUT2D eigenvalue weighted by Crippen LogP contribution is 2.15. The highest BCUT2D eigenvalue weighted by atomic mass is 33.1. The highest BCUT2D eigenvalue weighted by Gasteiger charge is 2.01. The van der Waals surface area contributed by atoms with Gasteiger partial charge in [-0.3, -0.25) is 4.79 Å². The third kappa shape index (κ3) is 17.8. The molecule has 0 bridgehead atoms. The summed E-state index contributed by atoms with van der Waals surface area (Å²) in [5, 5.41) is 8.47. The van der Waals surface area contributed by atoms with Gasteiger partial charge in [0, 0.05) is 18.4 Å². The van der Waals surface area contributed by atoms with Crippen LogP contribution in [0.2, 0.25) is 0 Å². The Hall–Kier alpha value is -0.230. The van der Waals surface area contributed by atoms with E-state index in [4.69, 9.17) is 5.11 Å². The molecule has 0 aromatic carbocycles. The average Bonchev–Trinajstić information content (AvgIpc) is 2.28. The van der Waals surface area contributed by atoms with E-state index in [2.05, 4.69) is 0 Å². The van der Waals surface area contributed by atoms with E-state index in [-0.39, 0.29) is 6.42 Å². The lowest BCUT2D eigenvalue weighted by Gasteiger charge is -2.02. The Morgan fingerprint density at radius 2 is 1.32 bits per heavy atom. The van der Waals surface area contributed by atoms with Gasteiger partial charge in [-0.1, -0.05) is 44.9 Å². The fourth-order valence-electron chi connectivity index (χ4n) is 1.83. The Bertz CT molecular complexity index is 326. The van der Waals surface area contributed by atoms with E-state index in [1.165, 1.54) is 31.9 Å². The van der Waals surface area contributed by atoms with Gasteiger partial charge in [-0.05, 0) is 23.6 Å². The lowest BCUT2D eigenvalue weighted by molar-refractivity contribution is -0.137. The third-order valence-electron chi connectivity index (χ3n) is 2.83. The summed E-state index contributed by atoms with van der Waals surface area (Å²) in [7, 11) is -1.83. The van der Waals surface area contributed by atoms with E-state index >= 15 is 0 Å². The lowest BCUT2D eigenvalue weighted by atomic mass is 10.1. The number of unbranched alkanes of at least 4 members (excludes halogenated alkanes) is 8. The molecule has 0 spiro atoms. The van der Waals surface area contributed by atoms with Gasteiger partial charge in [0.05, 0.1) is 0 Å². The molecule has 0 aliphatic carbocycles. The van der Waals surface area contributed by atoms with Gasteiger partial charge < -0.3 is 5.11 Å². The number of carboxylic acids is 1. The second-order valence-electron chi connectivity index (χ2n) is 4.85. The first-order valence-corrected chi connectivity index (χ1v) is 10.4. The summed E-state index contributed by atoms with van der Waals surface area (Å²) in [6.45, 7) is 0.